The van der Waals surface area contributed by atoms with Gasteiger partial charge in [-0.3, -0.25) is 9.59 Å². The predicted octanol–water partition coefficient (Wildman–Crippen LogP) is 6.08. The SMILES string of the molecule is CCCCCOc1ccc(C(=O)Nc2ccc(NC(=O)CCc3ccccc3)cc2)cc1. The quantitative estimate of drug-likeness (QED) is 0.362. The molecule has 166 valence electrons. The Hall–Kier alpha value is -3.60. The number of anilines is 2. The van der Waals surface area contributed by atoms with Crippen molar-refractivity contribution < 1.29 is 14.3 Å². The van der Waals surface area contributed by atoms with Crippen LogP contribution in [0.1, 0.15) is 48.5 Å². The number of hydrogen-bond acceptors (Lipinski definition) is 3. The van der Waals surface area contributed by atoms with Gasteiger partial charge in [0, 0.05) is 23.4 Å². The van der Waals surface area contributed by atoms with Crippen LogP contribution in [0.2, 0.25) is 0 Å². The summed E-state index contributed by atoms with van der Waals surface area (Å²) in [5, 5.41) is 5.76. The molecule has 2 N–H and O–H groups in total. The highest BCUT2D eigenvalue weighted by Gasteiger charge is 2.08. The maximum absolute atomic E-state index is 12.5. The van der Waals surface area contributed by atoms with E-state index in [4.69, 9.17) is 4.74 Å². The average molecular weight is 431 g/mol. The molecule has 2 amide bonds. The van der Waals surface area contributed by atoms with Crippen molar-refractivity contribution in [2.75, 3.05) is 17.2 Å². The zero-order valence-corrected chi connectivity index (χ0v) is 18.5. The van der Waals surface area contributed by atoms with Crippen LogP contribution in [0.4, 0.5) is 11.4 Å². The van der Waals surface area contributed by atoms with E-state index in [9.17, 15) is 9.59 Å². The molecule has 5 nitrogen and oxygen atoms in total. The smallest absolute Gasteiger partial charge is 0.255 e. The molecule has 0 saturated carbocycles. The number of ether oxygens (including phenoxy) is 1. The van der Waals surface area contributed by atoms with E-state index >= 15 is 0 Å². The van der Waals surface area contributed by atoms with Gasteiger partial charge in [0.25, 0.3) is 5.91 Å². The second kappa shape index (κ2) is 12.3. The maximum Gasteiger partial charge on any atom is 0.255 e. The molecule has 3 aromatic rings. The minimum absolute atomic E-state index is 0.0392. The van der Waals surface area contributed by atoms with E-state index < -0.39 is 0 Å². The molecule has 32 heavy (non-hydrogen) atoms. The van der Waals surface area contributed by atoms with Gasteiger partial charge >= 0.3 is 0 Å². The molecular weight excluding hydrogens is 400 g/mol. The number of unbranched alkanes of at least 4 members (excludes halogenated alkanes) is 2. The van der Waals surface area contributed by atoms with Gasteiger partial charge in [0.05, 0.1) is 6.61 Å². The van der Waals surface area contributed by atoms with Crippen LogP contribution >= 0.6 is 0 Å². The Labute approximate surface area is 189 Å². The number of carbonyl (C=O) groups excluding carboxylic acids is 2. The van der Waals surface area contributed by atoms with Crippen LogP contribution in [0.3, 0.4) is 0 Å². The van der Waals surface area contributed by atoms with Gasteiger partial charge in [-0.1, -0.05) is 50.1 Å². The van der Waals surface area contributed by atoms with Gasteiger partial charge in [0.15, 0.2) is 0 Å². The van der Waals surface area contributed by atoms with E-state index in [0.717, 1.165) is 30.6 Å². The Morgan fingerprint density at radius 1 is 0.781 bits per heavy atom. The first-order valence-corrected chi connectivity index (χ1v) is 11.1. The van der Waals surface area contributed by atoms with Crippen molar-refractivity contribution in [1.29, 1.82) is 0 Å². The molecule has 3 rings (SSSR count). The summed E-state index contributed by atoms with van der Waals surface area (Å²) in [4.78, 5) is 24.7. The second-order valence-electron chi connectivity index (χ2n) is 7.65. The highest BCUT2D eigenvalue weighted by molar-refractivity contribution is 6.04. The lowest BCUT2D eigenvalue weighted by Crippen LogP contribution is -2.13. The highest BCUT2D eigenvalue weighted by Crippen LogP contribution is 2.17. The second-order valence-corrected chi connectivity index (χ2v) is 7.65. The normalized spacial score (nSPS) is 10.4. The summed E-state index contributed by atoms with van der Waals surface area (Å²) in [5.74, 6) is 0.537. The summed E-state index contributed by atoms with van der Waals surface area (Å²) in [6.07, 6.45) is 4.45. The summed E-state index contributed by atoms with van der Waals surface area (Å²) in [6, 6.07) is 24.2. The van der Waals surface area contributed by atoms with Crippen LogP contribution in [-0.4, -0.2) is 18.4 Å². The van der Waals surface area contributed by atoms with E-state index in [1.54, 1.807) is 36.4 Å². The van der Waals surface area contributed by atoms with E-state index in [2.05, 4.69) is 17.6 Å². The molecule has 0 aromatic heterocycles. The molecule has 0 unspecified atom stereocenters. The third kappa shape index (κ3) is 7.58. The first kappa shape index (κ1) is 23.1. The van der Waals surface area contributed by atoms with Crippen LogP contribution in [0.25, 0.3) is 0 Å². The van der Waals surface area contributed by atoms with Gasteiger partial charge in [-0.2, -0.15) is 0 Å². The molecule has 0 saturated heterocycles. The summed E-state index contributed by atoms with van der Waals surface area (Å²) in [6.45, 7) is 2.85. The summed E-state index contributed by atoms with van der Waals surface area (Å²) < 4.78 is 5.68. The number of nitrogens with one attached hydrogen (secondary N) is 2. The Morgan fingerprint density at radius 3 is 2.09 bits per heavy atom. The lowest BCUT2D eigenvalue weighted by Gasteiger charge is -2.09. The van der Waals surface area contributed by atoms with Crippen molar-refractivity contribution in [2.45, 2.75) is 39.0 Å². The van der Waals surface area contributed by atoms with E-state index in [-0.39, 0.29) is 11.8 Å². The third-order valence-electron chi connectivity index (χ3n) is 5.04. The fourth-order valence-corrected chi connectivity index (χ4v) is 3.21. The molecule has 0 bridgehead atoms. The van der Waals surface area contributed by atoms with Gasteiger partial charge in [-0.25, -0.2) is 0 Å². The fraction of sp³-hybridized carbons (Fsp3) is 0.259. The van der Waals surface area contributed by atoms with Crippen molar-refractivity contribution in [2.24, 2.45) is 0 Å². The number of rotatable bonds is 11. The van der Waals surface area contributed by atoms with Crippen LogP contribution in [0.5, 0.6) is 5.75 Å². The Kier molecular flexibility index (Phi) is 8.87. The number of amides is 2. The molecular formula is C27H30N2O3. The lowest BCUT2D eigenvalue weighted by molar-refractivity contribution is -0.116. The van der Waals surface area contributed by atoms with Gasteiger partial charge in [0.2, 0.25) is 5.91 Å². The number of hydrogen-bond donors (Lipinski definition) is 2. The van der Waals surface area contributed by atoms with Crippen molar-refractivity contribution in [3.05, 3.63) is 90.0 Å². The fourth-order valence-electron chi connectivity index (χ4n) is 3.21. The maximum atomic E-state index is 12.5. The number of aryl methyl sites for hydroxylation is 1. The largest absolute Gasteiger partial charge is 0.494 e. The minimum Gasteiger partial charge on any atom is -0.494 e. The molecule has 0 radical (unpaired) electrons. The third-order valence-corrected chi connectivity index (χ3v) is 5.04. The topological polar surface area (TPSA) is 67.4 Å². The summed E-state index contributed by atoms with van der Waals surface area (Å²) >= 11 is 0. The van der Waals surface area contributed by atoms with E-state index in [1.807, 2.05) is 42.5 Å². The Bertz CT molecular complexity index is 984. The standard InChI is InChI=1S/C27H30N2O3/c1-2-3-7-20-32-25-17-11-22(12-18-25)27(31)29-24-15-13-23(14-16-24)28-26(30)19-10-21-8-5-4-6-9-21/h4-6,8-9,11-18H,2-3,7,10,19-20H2,1H3,(H,28,30)(H,29,31). The number of carbonyl (C=O) groups is 2. The lowest BCUT2D eigenvalue weighted by atomic mass is 10.1. The van der Waals surface area contributed by atoms with Crippen LogP contribution in [-0.2, 0) is 11.2 Å². The van der Waals surface area contributed by atoms with Crippen molar-refractivity contribution in [3.63, 3.8) is 0 Å². The van der Waals surface area contributed by atoms with Gasteiger partial charge in [-0.15, -0.1) is 0 Å². The van der Waals surface area contributed by atoms with E-state index in [0.29, 0.717) is 36.4 Å². The monoisotopic (exact) mass is 430 g/mol. The first-order valence-electron chi connectivity index (χ1n) is 11.1. The van der Waals surface area contributed by atoms with Crippen molar-refractivity contribution in [1.82, 2.24) is 0 Å². The molecule has 0 aliphatic heterocycles. The van der Waals surface area contributed by atoms with Gasteiger partial charge < -0.3 is 15.4 Å². The van der Waals surface area contributed by atoms with Crippen molar-refractivity contribution >= 4 is 23.2 Å². The minimum atomic E-state index is -0.192. The van der Waals surface area contributed by atoms with Gasteiger partial charge in [0.1, 0.15) is 5.75 Å². The first-order chi connectivity index (χ1) is 15.6. The van der Waals surface area contributed by atoms with Crippen LogP contribution in [0.15, 0.2) is 78.9 Å². The Balaban J connectivity index is 1.45. The zero-order valence-electron chi connectivity index (χ0n) is 18.5. The van der Waals surface area contributed by atoms with Crippen LogP contribution in [0, 0.1) is 0 Å². The average Bonchev–Trinajstić information content (AvgIpc) is 2.83. The Morgan fingerprint density at radius 2 is 1.44 bits per heavy atom. The number of benzene rings is 3. The molecule has 0 heterocycles. The molecule has 0 spiro atoms. The molecule has 0 aliphatic rings. The zero-order chi connectivity index (χ0) is 22.6. The molecule has 0 aliphatic carbocycles. The molecule has 0 fully saturated rings. The van der Waals surface area contributed by atoms with Crippen LogP contribution < -0.4 is 15.4 Å². The molecule has 5 heteroatoms. The van der Waals surface area contributed by atoms with Crippen molar-refractivity contribution in [3.8, 4) is 5.75 Å². The summed E-state index contributed by atoms with van der Waals surface area (Å²) in [5.41, 5.74) is 3.06. The molecule has 0 atom stereocenters. The highest BCUT2D eigenvalue weighted by atomic mass is 16.5. The summed E-state index contributed by atoms with van der Waals surface area (Å²) in [7, 11) is 0. The van der Waals surface area contributed by atoms with Gasteiger partial charge in [-0.05, 0) is 66.9 Å². The van der Waals surface area contributed by atoms with E-state index in [1.165, 1.54) is 0 Å². The molecule has 3 aromatic carbocycles. The predicted molar refractivity (Wildman–Crippen MR) is 129 cm³/mol.